The van der Waals surface area contributed by atoms with Crippen LogP contribution in [0.2, 0.25) is 39.3 Å². The maximum absolute atomic E-state index is 6.83. The van der Waals surface area contributed by atoms with Crippen molar-refractivity contribution in [2.24, 2.45) is 16.2 Å². The zero-order valence-corrected chi connectivity index (χ0v) is 18.2. The van der Waals surface area contributed by atoms with E-state index in [0.717, 1.165) is 3.39 Å². The summed E-state index contributed by atoms with van der Waals surface area (Å²) in [5, 5.41) is 20.5. The van der Waals surface area contributed by atoms with Crippen molar-refractivity contribution in [1.82, 2.24) is 9.62 Å². The Bertz CT molecular complexity index is 287. The van der Waals surface area contributed by atoms with E-state index in [2.05, 4.69) is 77.1 Å². The SMILES string of the molecule is CN(C)B(N(C)C)[N+]([Si](C)(C)N)([Si](C)(C)N)[Si](C)(C)N. The van der Waals surface area contributed by atoms with Gasteiger partial charge in [0.1, 0.15) is 0 Å². The molecule has 20 heavy (non-hydrogen) atoms. The number of nitrogens with zero attached hydrogens (tertiary/aromatic N) is 3. The molecule has 0 amide bonds. The molecular formula is C10H36BN6Si3+. The smallest absolute Gasteiger partial charge is 0.517 e. The molecule has 6 N–H and O–H groups in total. The van der Waals surface area contributed by atoms with Crippen LogP contribution in [0.25, 0.3) is 0 Å². The molecule has 6 nitrogen and oxygen atoms in total. The Morgan fingerprint density at radius 1 is 0.650 bits per heavy atom. The fourth-order valence-corrected chi connectivity index (χ4v) is 25.3. The van der Waals surface area contributed by atoms with E-state index in [-0.39, 0.29) is 7.12 Å². The van der Waals surface area contributed by atoms with E-state index in [9.17, 15) is 0 Å². The molecule has 0 aliphatic rings. The minimum atomic E-state index is -2.17. The van der Waals surface area contributed by atoms with Crippen molar-refractivity contribution >= 4 is 32.3 Å². The average Bonchev–Trinajstić information content (AvgIpc) is 2.04. The molecule has 120 valence electrons. The summed E-state index contributed by atoms with van der Waals surface area (Å²) in [6, 6.07) is 0. The fraction of sp³-hybridized carbons (Fsp3) is 1.00. The highest BCUT2D eigenvalue weighted by molar-refractivity contribution is 6.99. The van der Waals surface area contributed by atoms with Gasteiger partial charge in [0.25, 0.3) is 0 Å². The van der Waals surface area contributed by atoms with Gasteiger partial charge in [-0.15, -0.1) is 0 Å². The number of quaternary nitrogens is 1. The van der Waals surface area contributed by atoms with Gasteiger partial charge in [-0.2, -0.15) is 0 Å². The molecule has 0 fully saturated rings. The molecule has 0 saturated carbocycles. The van der Waals surface area contributed by atoms with Crippen LogP contribution in [0.15, 0.2) is 0 Å². The predicted molar refractivity (Wildman–Crippen MR) is 98.4 cm³/mol. The first-order chi connectivity index (χ1) is 8.51. The number of nitrogens with two attached hydrogens (primary N) is 3. The molecule has 0 atom stereocenters. The van der Waals surface area contributed by atoms with Gasteiger partial charge in [0.05, 0.1) is 0 Å². The summed E-state index contributed by atoms with van der Waals surface area (Å²) in [5.41, 5.74) is 0. The molecule has 0 aromatic carbocycles. The van der Waals surface area contributed by atoms with Gasteiger partial charge < -0.3 is 19.6 Å². The minimum absolute atomic E-state index is 0.125. The van der Waals surface area contributed by atoms with Crippen molar-refractivity contribution in [2.45, 2.75) is 39.3 Å². The van der Waals surface area contributed by atoms with Crippen LogP contribution in [0.1, 0.15) is 0 Å². The zero-order chi connectivity index (χ0) is 16.7. The largest absolute Gasteiger partial charge is 0.546 e. The van der Waals surface area contributed by atoms with Gasteiger partial charge in [0.2, 0.25) is 0 Å². The topological polar surface area (TPSA) is 84.5 Å². The van der Waals surface area contributed by atoms with Crippen LogP contribution in [0.5, 0.6) is 0 Å². The lowest BCUT2D eigenvalue weighted by Gasteiger charge is -2.67. The van der Waals surface area contributed by atoms with E-state index in [4.69, 9.17) is 16.2 Å². The third kappa shape index (κ3) is 3.28. The van der Waals surface area contributed by atoms with Crippen LogP contribution in [0.4, 0.5) is 0 Å². The molecule has 0 aliphatic heterocycles. The third-order valence-electron chi connectivity index (χ3n) is 4.00. The van der Waals surface area contributed by atoms with Crippen molar-refractivity contribution in [1.29, 1.82) is 0 Å². The van der Waals surface area contributed by atoms with Gasteiger partial charge in [-0.25, -0.2) is 0 Å². The fourth-order valence-electron chi connectivity index (χ4n) is 4.28. The Balaban J connectivity index is 6.60. The molecule has 0 unspecified atom stereocenters. The molecule has 0 heterocycles. The quantitative estimate of drug-likeness (QED) is 0.590. The summed E-state index contributed by atoms with van der Waals surface area (Å²) in [6.45, 7) is 13.2. The van der Waals surface area contributed by atoms with E-state index in [1.807, 2.05) is 0 Å². The van der Waals surface area contributed by atoms with E-state index in [0.29, 0.717) is 0 Å². The van der Waals surface area contributed by atoms with Crippen LogP contribution >= 0.6 is 0 Å². The molecule has 0 radical (unpaired) electrons. The lowest BCUT2D eigenvalue weighted by Crippen LogP contribution is -2.99. The standard InChI is InChI=1S/C10H36BN6Si3/c1-15(2)11(16(3)4)17(18(5,6)12,19(7,8)13)20(9,10)14/h12-14H2,1-10H3/q+1. The zero-order valence-electron chi connectivity index (χ0n) is 15.2. The molecule has 0 aromatic rings. The van der Waals surface area contributed by atoms with E-state index in [1.54, 1.807) is 0 Å². The van der Waals surface area contributed by atoms with E-state index >= 15 is 0 Å². The first kappa shape index (κ1) is 20.5. The Morgan fingerprint density at radius 3 is 0.900 bits per heavy atom. The van der Waals surface area contributed by atoms with E-state index < -0.39 is 25.2 Å². The summed E-state index contributed by atoms with van der Waals surface area (Å²) in [4.78, 5) is 4.45. The Labute approximate surface area is 129 Å². The first-order valence-electron chi connectivity index (χ1n) is 7.10. The van der Waals surface area contributed by atoms with Crippen LogP contribution in [0, 0.1) is 0 Å². The van der Waals surface area contributed by atoms with Crippen molar-refractivity contribution in [3.63, 3.8) is 0 Å². The maximum Gasteiger partial charge on any atom is 0.546 e. The predicted octanol–water partition coefficient (Wildman–Crippen LogP) is -0.107. The van der Waals surface area contributed by atoms with Crippen LogP contribution in [0.3, 0.4) is 0 Å². The second-order valence-electron chi connectivity index (χ2n) is 7.96. The normalized spacial score (nSPS) is 15.2. The van der Waals surface area contributed by atoms with E-state index in [1.165, 1.54) is 0 Å². The summed E-state index contributed by atoms with van der Waals surface area (Å²) in [5.74, 6) is 0. The van der Waals surface area contributed by atoms with Crippen LogP contribution in [-0.4, -0.2) is 73.5 Å². The van der Waals surface area contributed by atoms with Crippen LogP contribution < -0.4 is 16.2 Å². The molecule has 0 aromatic heterocycles. The van der Waals surface area contributed by atoms with Gasteiger partial charge in [-0.1, -0.05) is 0 Å². The molecule has 0 saturated heterocycles. The monoisotopic (exact) mass is 335 g/mol. The molecular weight excluding hydrogens is 299 g/mol. The highest BCUT2D eigenvalue weighted by atomic mass is 28.5. The summed E-state index contributed by atoms with van der Waals surface area (Å²) >= 11 is 0. The minimum Gasteiger partial charge on any atom is -0.517 e. The second-order valence-corrected chi connectivity index (χ2v) is 21.3. The molecule has 10 heteroatoms. The lowest BCUT2D eigenvalue weighted by atomic mass is 9.92. The van der Waals surface area contributed by atoms with Gasteiger partial charge in [0.15, 0.2) is 0 Å². The van der Waals surface area contributed by atoms with Gasteiger partial charge in [-0.05, 0) is 67.5 Å². The molecule has 0 bridgehead atoms. The molecule has 0 spiro atoms. The average molecular weight is 336 g/mol. The Kier molecular flexibility index (Phi) is 6.07. The van der Waals surface area contributed by atoms with Crippen molar-refractivity contribution in [3.05, 3.63) is 0 Å². The first-order valence-corrected chi connectivity index (χ1v) is 16.2. The summed E-state index contributed by atoms with van der Waals surface area (Å²) in [6.07, 6.45) is 0. The Hall–Kier alpha value is 0.476. The second kappa shape index (κ2) is 5.93. The van der Waals surface area contributed by atoms with Crippen molar-refractivity contribution in [2.75, 3.05) is 28.2 Å². The number of hydrogen-bond acceptors (Lipinski definition) is 5. The highest BCUT2D eigenvalue weighted by Gasteiger charge is 2.68. The summed E-state index contributed by atoms with van der Waals surface area (Å²) < 4.78 is 0.743. The Morgan fingerprint density at radius 2 is 0.850 bits per heavy atom. The lowest BCUT2D eigenvalue weighted by molar-refractivity contribution is -0.503. The van der Waals surface area contributed by atoms with Crippen LogP contribution in [-0.2, 0) is 0 Å². The number of rotatable bonds is 6. The molecule has 0 aliphatic carbocycles. The van der Waals surface area contributed by atoms with Gasteiger partial charge in [0, 0.05) is 0 Å². The highest BCUT2D eigenvalue weighted by Crippen LogP contribution is 2.34. The number of hydrogen-bond donors (Lipinski definition) is 3. The maximum atomic E-state index is 6.83. The summed E-state index contributed by atoms with van der Waals surface area (Å²) in [7, 11) is 2.00. The van der Waals surface area contributed by atoms with Gasteiger partial charge in [-0.3, -0.25) is 9.62 Å². The van der Waals surface area contributed by atoms with Crippen molar-refractivity contribution in [3.8, 4) is 0 Å². The van der Waals surface area contributed by atoms with Crippen molar-refractivity contribution < 1.29 is 3.39 Å². The van der Waals surface area contributed by atoms with Gasteiger partial charge >= 0.3 is 32.3 Å². The molecule has 0 rings (SSSR count). The third-order valence-corrected chi connectivity index (χ3v) is 20.5.